The largest absolute Gasteiger partial charge is 0.471 e. The van der Waals surface area contributed by atoms with Crippen LogP contribution in [0.4, 0.5) is 0 Å². The van der Waals surface area contributed by atoms with Gasteiger partial charge >= 0.3 is 15.6 Å². The molecule has 0 aliphatic carbocycles. The zero-order valence-electron chi connectivity index (χ0n) is 9.69. The van der Waals surface area contributed by atoms with Gasteiger partial charge < -0.3 is 25.3 Å². The number of benzene rings is 1. The van der Waals surface area contributed by atoms with Crippen LogP contribution in [-0.4, -0.2) is 26.4 Å². The van der Waals surface area contributed by atoms with Crippen LogP contribution in [0.25, 0.3) is 0 Å². The Morgan fingerprint density at radius 2 is 1.37 bits per heavy atom. The molecule has 1 aromatic rings. The third-order valence-corrected chi connectivity index (χ3v) is 2.40. The van der Waals surface area contributed by atoms with Crippen LogP contribution >= 0.6 is 15.6 Å². The Morgan fingerprint density at radius 1 is 0.947 bits per heavy atom. The maximum absolute atomic E-state index is 9.86. The molecular formula is C8H15NO8P2. The summed E-state index contributed by atoms with van der Waals surface area (Å²) >= 11 is 0. The van der Waals surface area contributed by atoms with Gasteiger partial charge in [-0.1, -0.05) is 30.3 Å². The predicted octanol–water partition coefficient (Wildman–Crippen LogP) is 0.308. The second kappa shape index (κ2) is 8.55. The highest BCUT2D eigenvalue weighted by molar-refractivity contribution is 7.47. The van der Waals surface area contributed by atoms with Crippen molar-refractivity contribution in [2.75, 3.05) is 6.79 Å². The summed E-state index contributed by atoms with van der Waals surface area (Å²) in [7, 11) is -9.44. The van der Waals surface area contributed by atoms with Gasteiger partial charge in [0.1, 0.15) is 0 Å². The van der Waals surface area contributed by atoms with E-state index in [4.69, 9.17) is 25.3 Å². The molecule has 19 heavy (non-hydrogen) atoms. The van der Waals surface area contributed by atoms with Crippen molar-refractivity contribution in [2.24, 2.45) is 5.73 Å². The first-order valence-corrected chi connectivity index (χ1v) is 7.84. The van der Waals surface area contributed by atoms with E-state index in [9.17, 15) is 9.13 Å². The minimum atomic E-state index is -4.72. The summed E-state index contributed by atoms with van der Waals surface area (Å²) in [6.45, 7) is -0.518. The van der Waals surface area contributed by atoms with Crippen LogP contribution in [0.2, 0.25) is 0 Å². The second-order valence-electron chi connectivity index (χ2n) is 3.05. The predicted molar refractivity (Wildman–Crippen MR) is 65.5 cm³/mol. The average molecular weight is 315 g/mol. The Morgan fingerprint density at radius 3 is 1.63 bits per heavy atom. The average Bonchev–Trinajstić information content (AvgIpc) is 2.27. The normalized spacial score (nSPS) is 11.6. The van der Waals surface area contributed by atoms with Crippen LogP contribution in [0.1, 0.15) is 5.56 Å². The quantitative estimate of drug-likeness (QED) is 0.380. The van der Waals surface area contributed by atoms with Crippen molar-refractivity contribution in [1.82, 2.24) is 0 Å². The van der Waals surface area contributed by atoms with Gasteiger partial charge in [0.05, 0.1) is 0 Å². The standard InChI is InChI=1S/C7H9N.CH6O8P2/c8-6-7-4-2-1-3-5-7;2-10(3,4)8-1-9-11(5,6)7/h1-5H,6,8H2;1H2,(H2,2,3,4)(H2,5,6,7). The molecule has 0 radical (unpaired) electrons. The molecule has 6 N–H and O–H groups in total. The highest BCUT2D eigenvalue weighted by atomic mass is 31.2. The van der Waals surface area contributed by atoms with E-state index >= 15 is 0 Å². The fraction of sp³-hybridized carbons (Fsp3) is 0.250. The zero-order valence-corrected chi connectivity index (χ0v) is 11.5. The van der Waals surface area contributed by atoms with Crippen LogP contribution in [0.3, 0.4) is 0 Å². The van der Waals surface area contributed by atoms with Gasteiger partial charge in [0.15, 0.2) is 6.79 Å². The Labute approximate surface area is 109 Å². The van der Waals surface area contributed by atoms with Crippen LogP contribution in [0, 0.1) is 0 Å². The number of hydrogen-bond donors (Lipinski definition) is 5. The summed E-state index contributed by atoms with van der Waals surface area (Å²) in [6, 6.07) is 9.99. The highest BCUT2D eigenvalue weighted by Crippen LogP contribution is 2.40. The van der Waals surface area contributed by atoms with Crippen molar-refractivity contribution in [3.8, 4) is 0 Å². The summed E-state index contributed by atoms with van der Waals surface area (Å²) < 4.78 is 26.8. The van der Waals surface area contributed by atoms with E-state index in [1.54, 1.807) is 0 Å². The molecular weight excluding hydrogens is 300 g/mol. The molecule has 11 heteroatoms. The van der Waals surface area contributed by atoms with Gasteiger partial charge in [-0.25, -0.2) is 9.13 Å². The fourth-order valence-electron chi connectivity index (χ4n) is 0.775. The van der Waals surface area contributed by atoms with Gasteiger partial charge in [-0.05, 0) is 5.56 Å². The van der Waals surface area contributed by atoms with Crippen molar-refractivity contribution < 1.29 is 37.8 Å². The van der Waals surface area contributed by atoms with E-state index in [0.29, 0.717) is 6.54 Å². The van der Waals surface area contributed by atoms with E-state index in [0.717, 1.165) is 0 Å². The van der Waals surface area contributed by atoms with Crippen LogP contribution in [0.15, 0.2) is 30.3 Å². The molecule has 0 aromatic heterocycles. The summed E-state index contributed by atoms with van der Waals surface area (Å²) in [4.78, 5) is 31.9. The third-order valence-electron chi connectivity index (χ3n) is 1.52. The number of rotatable bonds is 5. The molecule has 9 nitrogen and oxygen atoms in total. The molecule has 1 aromatic carbocycles. The van der Waals surface area contributed by atoms with Crippen LogP contribution in [0.5, 0.6) is 0 Å². The molecule has 110 valence electrons. The second-order valence-corrected chi connectivity index (χ2v) is 5.53. The first kappa shape index (κ1) is 18.4. The molecule has 0 bridgehead atoms. The molecule has 0 heterocycles. The maximum Gasteiger partial charge on any atom is 0.471 e. The molecule has 1 rings (SSSR count). The lowest BCUT2D eigenvalue weighted by Gasteiger charge is -2.05. The fourth-order valence-corrected chi connectivity index (χ4v) is 1.24. The van der Waals surface area contributed by atoms with E-state index in [1.807, 2.05) is 30.3 Å². The molecule has 0 aliphatic rings. The number of phosphoric acid groups is 2. The van der Waals surface area contributed by atoms with E-state index in [2.05, 4.69) is 9.05 Å². The molecule has 0 amide bonds. The van der Waals surface area contributed by atoms with Crippen LogP contribution in [-0.2, 0) is 24.7 Å². The SMILES string of the molecule is NCc1ccccc1.O=P(O)(O)OCOP(=O)(O)O. The van der Waals surface area contributed by atoms with Gasteiger partial charge in [0, 0.05) is 6.54 Å². The molecule has 0 unspecified atom stereocenters. The Bertz CT molecular complexity index is 419. The zero-order chi connectivity index (χ0) is 14.9. The van der Waals surface area contributed by atoms with Gasteiger partial charge in [-0.15, -0.1) is 0 Å². The smallest absolute Gasteiger partial charge is 0.326 e. The number of nitrogens with two attached hydrogens (primary N) is 1. The molecule has 0 saturated heterocycles. The van der Waals surface area contributed by atoms with E-state index < -0.39 is 22.4 Å². The summed E-state index contributed by atoms with van der Waals surface area (Å²) in [5.41, 5.74) is 6.54. The number of hydrogen-bond acceptors (Lipinski definition) is 5. The third kappa shape index (κ3) is 13.6. The first-order valence-electron chi connectivity index (χ1n) is 4.78. The Balaban J connectivity index is 0.000000356. The first-order chi connectivity index (χ1) is 8.64. The highest BCUT2D eigenvalue weighted by Gasteiger charge is 2.18. The minimum absolute atomic E-state index is 0.640. The van der Waals surface area contributed by atoms with Crippen molar-refractivity contribution in [3.05, 3.63) is 35.9 Å². The van der Waals surface area contributed by atoms with E-state index in [-0.39, 0.29) is 0 Å². The molecule has 0 atom stereocenters. The maximum atomic E-state index is 9.86. The van der Waals surface area contributed by atoms with Gasteiger partial charge in [-0.2, -0.15) is 0 Å². The Kier molecular flexibility index (Phi) is 8.28. The van der Waals surface area contributed by atoms with Crippen LogP contribution < -0.4 is 5.73 Å². The summed E-state index contributed by atoms with van der Waals surface area (Å²) in [5, 5.41) is 0. The molecule has 0 saturated carbocycles. The summed E-state index contributed by atoms with van der Waals surface area (Å²) in [6.07, 6.45) is 0. The molecule has 0 aliphatic heterocycles. The van der Waals surface area contributed by atoms with Gasteiger partial charge in [0.2, 0.25) is 0 Å². The van der Waals surface area contributed by atoms with Gasteiger partial charge in [0.25, 0.3) is 0 Å². The van der Waals surface area contributed by atoms with Crippen molar-refractivity contribution in [3.63, 3.8) is 0 Å². The monoisotopic (exact) mass is 315 g/mol. The van der Waals surface area contributed by atoms with Gasteiger partial charge in [-0.3, -0.25) is 9.05 Å². The van der Waals surface area contributed by atoms with Crippen molar-refractivity contribution >= 4 is 15.6 Å². The topological polar surface area (TPSA) is 160 Å². The lowest BCUT2D eigenvalue weighted by Crippen LogP contribution is -1.95. The Hall–Kier alpha value is -0.600. The van der Waals surface area contributed by atoms with E-state index in [1.165, 1.54) is 5.56 Å². The lowest BCUT2D eigenvalue weighted by molar-refractivity contribution is 0.0582. The van der Waals surface area contributed by atoms with Crippen molar-refractivity contribution in [1.29, 1.82) is 0 Å². The molecule has 0 fully saturated rings. The summed E-state index contributed by atoms with van der Waals surface area (Å²) in [5.74, 6) is 0. The minimum Gasteiger partial charge on any atom is -0.326 e. The van der Waals surface area contributed by atoms with Crippen molar-refractivity contribution in [2.45, 2.75) is 6.54 Å². The lowest BCUT2D eigenvalue weighted by atomic mass is 10.2. The molecule has 0 spiro atoms. The number of phosphoric ester groups is 2.